The molecule has 1 aromatic rings. The van der Waals surface area contributed by atoms with Gasteiger partial charge in [0.05, 0.1) is 6.54 Å². The predicted octanol–water partition coefficient (Wildman–Crippen LogP) is 2.29. The van der Waals surface area contributed by atoms with Gasteiger partial charge in [0.15, 0.2) is 0 Å². The number of amidine groups is 1. The Labute approximate surface area is 95.0 Å². The molecule has 1 saturated heterocycles. The van der Waals surface area contributed by atoms with Crippen LogP contribution in [0.25, 0.3) is 0 Å². The second-order valence-electron chi connectivity index (χ2n) is 3.73. The zero-order chi connectivity index (χ0) is 10.5. The van der Waals surface area contributed by atoms with E-state index in [1.807, 2.05) is 42.1 Å². The zero-order valence-corrected chi connectivity index (χ0v) is 9.54. The van der Waals surface area contributed by atoms with Crippen LogP contribution in [0.2, 0.25) is 0 Å². The van der Waals surface area contributed by atoms with Crippen LogP contribution in [0, 0.1) is 0 Å². The van der Waals surface area contributed by atoms with Crippen LogP contribution in [0.4, 0.5) is 0 Å². The van der Waals surface area contributed by atoms with E-state index in [-0.39, 0.29) is 0 Å². The smallest absolute Gasteiger partial charge is 0.125 e. The first kappa shape index (κ1) is 10.6. The van der Waals surface area contributed by atoms with Gasteiger partial charge in [0.2, 0.25) is 0 Å². The Morgan fingerprint density at radius 2 is 2.20 bits per heavy atom. The monoisotopic (exact) mass is 220 g/mol. The fourth-order valence-electron chi connectivity index (χ4n) is 1.69. The van der Waals surface area contributed by atoms with Crippen LogP contribution in [-0.4, -0.2) is 23.4 Å². The minimum absolute atomic E-state index is 0.670. The molecule has 2 N–H and O–H groups in total. The molecule has 15 heavy (non-hydrogen) atoms. The van der Waals surface area contributed by atoms with Crippen molar-refractivity contribution >= 4 is 17.6 Å². The van der Waals surface area contributed by atoms with Crippen LogP contribution < -0.4 is 5.73 Å². The highest BCUT2D eigenvalue weighted by Gasteiger charge is 2.14. The van der Waals surface area contributed by atoms with Crippen molar-refractivity contribution in [3.05, 3.63) is 35.9 Å². The highest BCUT2D eigenvalue weighted by Crippen LogP contribution is 2.26. The van der Waals surface area contributed by atoms with Crippen molar-refractivity contribution in [2.75, 3.05) is 12.3 Å². The topological polar surface area (TPSA) is 38.4 Å². The fraction of sp³-hybridized carbons (Fsp3) is 0.417. The maximum Gasteiger partial charge on any atom is 0.125 e. The van der Waals surface area contributed by atoms with Crippen molar-refractivity contribution in [2.24, 2.45) is 10.7 Å². The van der Waals surface area contributed by atoms with Gasteiger partial charge in [-0.1, -0.05) is 30.3 Å². The lowest BCUT2D eigenvalue weighted by Gasteiger charge is -2.05. The van der Waals surface area contributed by atoms with E-state index < -0.39 is 0 Å². The van der Waals surface area contributed by atoms with E-state index in [0.29, 0.717) is 11.1 Å². The highest BCUT2D eigenvalue weighted by molar-refractivity contribution is 8.00. The molecule has 0 aromatic heterocycles. The van der Waals surface area contributed by atoms with Crippen LogP contribution in [0.15, 0.2) is 35.3 Å². The second kappa shape index (κ2) is 5.21. The summed E-state index contributed by atoms with van der Waals surface area (Å²) in [4.78, 5) is 4.45. The molecule has 1 unspecified atom stereocenters. The van der Waals surface area contributed by atoms with Crippen LogP contribution in [0.3, 0.4) is 0 Å². The van der Waals surface area contributed by atoms with Gasteiger partial charge >= 0.3 is 0 Å². The third kappa shape index (κ3) is 2.99. The molecular weight excluding hydrogens is 204 g/mol. The van der Waals surface area contributed by atoms with Gasteiger partial charge in [-0.25, -0.2) is 0 Å². The van der Waals surface area contributed by atoms with Crippen LogP contribution in [-0.2, 0) is 0 Å². The first-order chi connectivity index (χ1) is 7.36. The van der Waals surface area contributed by atoms with Gasteiger partial charge in [-0.3, -0.25) is 4.99 Å². The van der Waals surface area contributed by atoms with Crippen LogP contribution in [0.5, 0.6) is 0 Å². The maximum absolute atomic E-state index is 5.91. The third-order valence-electron chi connectivity index (χ3n) is 2.56. The first-order valence-corrected chi connectivity index (χ1v) is 6.38. The third-order valence-corrected chi connectivity index (χ3v) is 3.94. The van der Waals surface area contributed by atoms with Gasteiger partial charge in [0.1, 0.15) is 5.84 Å². The van der Waals surface area contributed by atoms with Crippen molar-refractivity contribution in [1.82, 2.24) is 0 Å². The average Bonchev–Trinajstić information content (AvgIpc) is 2.80. The van der Waals surface area contributed by atoms with Gasteiger partial charge in [-0.05, 0) is 18.6 Å². The minimum atomic E-state index is 0.670. The van der Waals surface area contributed by atoms with Crippen molar-refractivity contribution in [3.63, 3.8) is 0 Å². The van der Waals surface area contributed by atoms with E-state index in [0.717, 1.165) is 12.1 Å². The molecule has 1 heterocycles. The zero-order valence-electron chi connectivity index (χ0n) is 8.73. The van der Waals surface area contributed by atoms with E-state index in [4.69, 9.17) is 5.73 Å². The molecule has 0 saturated carbocycles. The Kier molecular flexibility index (Phi) is 3.67. The Hall–Kier alpha value is -0.960. The molecule has 2 rings (SSSR count). The summed E-state index contributed by atoms with van der Waals surface area (Å²) in [6.07, 6.45) is 2.62. The Morgan fingerprint density at radius 3 is 2.87 bits per heavy atom. The van der Waals surface area contributed by atoms with E-state index in [2.05, 4.69) is 4.99 Å². The van der Waals surface area contributed by atoms with Crippen molar-refractivity contribution in [3.8, 4) is 0 Å². The summed E-state index contributed by atoms with van der Waals surface area (Å²) in [7, 11) is 0. The van der Waals surface area contributed by atoms with E-state index in [1.165, 1.54) is 18.6 Å². The Balaban J connectivity index is 1.95. The number of hydrogen-bond acceptors (Lipinski definition) is 2. The number of rotatable bonds is 3. The number of nitrogens with two attached hydrogens (primary N) is 1. The molecule has 0 radical (unpaired) electrons. The van der Waals surface area contributed by atoms with Gasteiger partial charge < -0.3 is 5.73 Å². The molecule has 0 amide bonds. The summed E-state index contributed by atoms with van der Waals surface area (Å²) in [6, 6.07) is 9.97. The van der Waals surface area contributed by atoms with Gasteiger partial charge in [0.25, 0.3) is 0 Å². The molecule has 1 fully saturated rings. The summed E-state index contributed by atoms with van der Waals surface area (Å²) in [5.74, 6) is 1.95. The molecule has 1 aliphatic heterocycles. The number of hydrogen-bond donors (Lipinski definition) is 1. The van der Waals surface area contributed by atoms with E-state index in [9.17, 15) is 0 Å². The molecule has 1 aliphatic rings. The summed E-state index contributed by atoms with van der Waals surface area (Å²) in [5, 5.41) is 0.687. The number of aliphatic imine (C=N–C) groups is 1. The fourth-order valence-corrected chi connectivity index (χ4v) is 2.87. The van der Waals surface area contributed by atoms with Gasteiger partial charge in [-0.15, -0.1) is 0 Å². The van der Waals surface area contributed by atoms with Crippen molar-refractivity contribution in [1.29, 1.82) is 0 Å². The first-order valence-electron chi connectivity index (χ1n) is 5.33. The SMILES string of the molecule is NC(=NCC1CCCS1)c1ccccc1. The largest absolute Gasteiger partial charge is 0.384 e. The molecule has 0 aliphatic carbocycles. The summed E-state index contributed by atoms with van der Waals surface area (Å²) >= 11 is 2.02. The lowest BCUT2D eigenvalue weighted by molar-refractivity contribution is 0.787. The van der Waals surface area contributed by atoms with Crippen molar-refractivity contribution < 1.29 is 0 Å². The van der Waals surface area contributed by atoms with E-state index in [1.54, 1.807) is 0 Å². The minimum Gasteiger partial charge on any atom is -0.384 e. The summed E-state index contributed by atoms with van der Waals surface area (Å²) < 4.78 is 0. The molecule has 1 aromatic carbocycles. The quantitative estimate of drug-likeness (QED) is 0.627. The lowest BCUT2D eigenvalue weighted by atomic mass is 10.2. The number of thioether (sulfide) groups is 1. The van der Waals surface area contributed by atoms with Gasteiger partial charge in [0, 0.05) is 10.8 Å². The summed E-state index contributed by atoms with van der Waals surface area (Å²) in [6.45, 7) is 0.866. The molecule has 0 bridgehead atoms. The lowest BCUT2D eigenvalue weighted by Crippen LogP contribution is -2.16. The van der Waals surface area contributed by atoms with Gasteiger partial charge in [-0.2, -0.15) is 11.8 Å². The molecule has 80 valence electrons. The molecular formula is C12H16N2S. The average molecular weight is 220 g/mol. The van der Waals surface area contributed by atoms with E-state index >= 15 is 0 Å². The molecule has 3 heteroatoms. The summed E-state index contributed by atoms with van der Waals surface area (Å²) in [5.41, 5.74) is 6.94. The highest BCUT2D eigenvalue weighted by atomic mass is 32.2. The normalized spacial score (nSPS) is 21.9. The molecule has 2 nitrogen and oxygen atoms in total. The maximum atomic E-state index is 5.91. The van der Waals surface area contributed by atoms with Crippen molar-refractivity contribution in [2.45, 2.75) is 18.1 Å². The Morgan fingerprint density at radius 1 is 1.40 bits per heavy atom. The predicted molar refractivity (Wildman–Crippen MR) is 67.5 cm³/mol. The second-order valence-corrected chi connectivity index (χ2v) is 5.14. The molecule has 1 atom stereocenters. The molecule has 0 spiro atoms. The van der Waals surface area contributed by atoms with Crippen LogP contribution in [0.1, 0.15) is 18.4 Å². The number of benzene rings is 1. The number of nitrogens with zero attached hydrogens (tertiary/aromatic N) is 1. The standard InChI is InChI=1S/C12H16N2S/c13-12(10-5-2-1-3-6-10)14-9-11-7-4-8-15-11/h1-3,5-6,11H,4,7-9H2,(H2,13,14). The Bertz CT molecular complexity index is 329. The van der Waals surface area contributed by atoms with Crippen LogP contribution >= 0.6 is 11.8 Å².